The lowest BCUT2D eigenvalue weighted by atomic mass is 10.1. The quantitative estimate of drug-likeness (QED) is 0.610. The zero-order valence-electron chi connectivity index (χ0n) is 8.05. The highest BCUT2D eigenvalue weighted by atomic mass is 16.7. The third-order valence-electron chi connectivity index (χ3n) is 1.90. The Labute approximate surface area is 72.8 Å². The van der Waals surface area contributed by atoms with Gasteiger partial charge in [0.2, 0.25) is 0 Å². The van der Waals surface area contributed by atoms with E-state index in [1.165, 1.54) is 7.11 Å². The molecule has 0 fully saturated rings. The fourth-order valence-electron chi connectivity index (χ4n) is 0.576. The molecule has 4 nitrogen and oxygen atoms in total. The maximum absolute atomic E-state index is 10.6. The van der Waals surface area contributed by atoms with Crippen LogP contribution in [0.4, 0.5) is 4.79 Å². The molecule has 0 aromatic rings. The number of carbonyl (C=O) groups excluding carboxylic acids is 1. The van der Waals surface area contributed by atoms with Crippen molar-refractivity contribution in [1.82, 2.24) is 0 Å². The molecular weight excluding hydrogens is 160 g/mol. The molecule has 1 unspecified atom stereocenters. The van der Waals surface area contributed by atoms with Crippen LogP contribution in [0.15, 0.2) is 0 Å². The number of carbonyl (C=O) groups is 1. The zero-order chi connectivity index (χ0) is 9.61. The van der Waals surface area contributed by atoms with Crippen molar-refractivity contribution in [3.8, 4) is 0 Å². The van der Waals surface area contributed by atoms with Crippen LogP contribution < -0.4 is 0 Å². The first-order valence-corrected chi connectivity index (χ1v) is 3.84. The van der Waals surface area contributed by atoms with E-state index in [1.54, 1.807) is 7.11 Å². The molecule has 0 aliphatic carbocycles. The summed E-state index contributed by atoms with van der Waals surface area (Å²) < 4.78 is 14.2. The highest BCUT2D eigenvalue weighted by Gasteiger charge is 2.23. The second-order valence-corrected chi connectivity index (χ2v) is 2.75. The van der Waals surface area contributed by atoms with Gasteiger partial charge in [0, 0.05) is 7.11 Å². The molecule has 0 spiro atoms. The Morgan fingerprint density at radius 1 is 1.42 bits per heavy atom. The average Bonchev–Trinajstić information content (AvgIpc) is 2.13. The first kappa shape index (κ1) is 11.2. The van der Waals surface area contributed by atoms with Crippen molar-refractivity contribution in [2.45, 2.75) is 25.9 Å². The third-order valence-corrected chi connectivity index (χ3v) is 1.90. The average molecular weight is 176 g/mol. The summed E-state index contributed by atoms with van der Waals surface area (Å²) in [6.07, 6.45) is 0.104. The van der Waals surface area contributed by atoms with Crippen LogP contribution in [-0.2, 0) is 14.2 Å². The van der Waals surface area contributed by atoms with E-state index in [0.717, 1.165) is 6.42 Å². The van der Waals surface area contributed by atoms with Gasteiger partial charge in [-0.3, -0.25) is 0 Å². The molecule has 0 aliphatic rings. The fraction of sp³-hybridized carbons (Fsp3) is 0.875. The van der Waals surface area contributed by atoms with E-state index in [1.807, 2.05) is 13.8 Å². The molecule has 0 N–H and O–H groups in total. The summed E-state index contributed by atoms with van der Waals surface area (Å²) in [5.74, 6) is 0. The van der Waals surface area contributed by atoms with E-state index >= 15 is 0 Å². The van der Waals surface area contributed by atoms with Crippen LogP contribution in [0.2, 0.25) is 0 Å². The van der Waals surface area contributed by atoms with E-state index in [0.29, 0.717) is 0 Å². The lowest BCUT2D eigenvalue weighted by Crippen LogP contribution is -2.33. The van der Waals surface area contributed by atoms with Crippen LogP contribution in [0.5, 0.6) is 0 Å². The van der Waals surface area contributed by atoms with Gasteiger partial charge in [0.05, 0.1) is 12.7 Å². The minimum absolute atomic E-state index is 0.215. The van der Waals surface area contributed by atoms with Crippen molar-refractivity contribution in [2.75, 3.05) is 20.8 Å². The van der Waals surface area contributed by atoms with Crippen LogP contribution in [-0.4, -0.2) is 32.6 Å². The largest absolute Gasteiger partial charge is 0.508 e. The Morgan fingerprint density at radius 2 is 2.00 bits per heavy atom. The molecule has 1 atom stereocenters. The predicted molar refractivity (Wildman–Crippen MR) is 44.1 cm³/mol. The summed E-state index contributed by atoms with van der Waals surface area (Å²) in [4.78, 5) is 10.6. The van der Waals surface area contributed by atoms with Crippen molar-refractivity contribution in [3.63, 3.8) is 0 Å². The van der Waals surface area contributed by atoms with Gasteiger partial charge >= 0.3 is 6.16 Å². The Morgan fingerprint density at radius 3 is 2.33 bits per heavy atom. The van der Waals surface area contributed by atoms with Crippen molar-refractivity contribution in [2.24, 2.45) is 0 Å². The van der Waals surface area contributed by atoms with Crippen molar-refractivity contribution in [1.29, 1.82) is 0 Å². The van der Waals surface area contributed by atoms with Gasteiger partial charge in [-0.05, 0) is 13.3 Å². The van der Waals surface area contributed by atoms with Gasteiger partial charge in [0.15, 0.2) is 0 Å². The van der Waals surface area contributed by atoms with E-state index in [9.17, 15) is 4.79 Å². The number of ether oxygens (including phenoxy) is 3. The van der Waals surface area contributed by atoms with Gasteiger partial charge in [-0.1, -0.05) is 6.92 Å². The molecule has 0 heterocycles. The molecule has 0 rings (SSSR count). The van der Waals surface area contributed by atoms with Crippen LogP contribution in [0.25, 0.3) is 0 Å². The highest BCUT2D eigenvalue weighted by Crippen LogP contribution is 2.14. The van der Waals surface area contributed by atoms with Gasteiger partial charge in [-0.15, -0.1) is 0 Å². The molecule has 0 bridgehead atoms. The maximum atomic E-state index is 10.6. The zero-order valence-corrected chi connectivity index (χ0v) is 8.05. The number of hydrogen-bond donors (Lipinski definition) is 0. The second kappa shape index (κ2) is 4.98. The molecule has 12 heavy (non-hydrogen) atoms. The topological polar surface area (TPSA) is 44.8 Å². The van der Waals surface area contributed by atoms with Crippen LogP contribution in [0.3, 0.4) is 0 Å². The minimum Gasteiger partial charge on any atom is -0.438 e. The number of rotatable bonds is 4. The molecule has 0 saturated heterocycles. The minimum atomic E-state index is -0.674. The normalized spacial score (nSPS) is 15.0. The van der Waals surface area contributed by atoms with Crippen LogP contribution in [0.1, 0.15) is 20.3 Å². The summed E-state index contributed by atoms with van der Waals surface area (Å²) in [6.45, 7) is 4.05. The smallest absolute Gasteiger partial charge is 0.438 e. The molecule has 0 aromatic carbocycles. The van der Waals surface area contributed by atoms with Crippen molar-refractivity contribution in [3.05, 3.63) is 0 Å². The van der Waals surface area contributed by atoms with E-state index in [4.69, 9.17) is 9.47 Å². The summed E-state index contributed by atoms with van der Waals surface area (Å²) in [5, 5.41) is 0. The molecular formula is C8H16O4. The first-order valence-electron chi connectivity index (χ1n) is 3.84. The monoisotopic (exact) mass is 176 g/mol. The Hall–Kier alpha value is -0.770. The lowest BCUT2D eigenvalue weighted by molar-refractivity contribution is -0.0559. The molecule has 0 radical (unpaired) electrons. The van der Waals surface area contributed by atoms with Gasteiger partial charge in [-0.2, -0.15) is 0 Å². The lowest BCUT2D eigenvalue weighted by Gasteiger charge is -2.25. The van der Waals surface area contributed by atoms with E-state index in [2.05, 4.69) is 4.74 Å². The summed E-state index contributed by atoms with van der Waals surface area (Å²) >= 11 is 0. The third kappa shape index (κ3) is 3.57. The van der Waals surface area contributed by atoms with Gasteiger partial charge in [0.25, 0.3) is 0 Å². The van der Waals surface area contributed by atoms with Crippen LogP contribution in [0, 0.1) is 0 Å². The van der Waals surface area contributed by atoms with Gasteiger partial charge in [-0.25, -0.2) is 4.79 Å². The van der Waals surface area contributed by atoms with Gasteiger partial charge in [0.1, 0.15) is 6.61 Å². The SMILES string of the molecule is CCC(C)(COC(=O)OC)OC. The molecule has 0 saturated carbocycles. The molecule has 0 aliphatic heterocycles. The molecule has 4 heteroatoms. The Balaban J connectivity index is 3.80. The van der Waals surface area contributed by atoms with E-state index < -0.39 is 11.8 Å². The summed E-state index contributed by atoms with van der Waals surface area (Å²) in [7, 11) is 2.86. The predicted octanol–water partition coefficient (Wildman–Crippen LogP) is 1.58. The maximum Gasteiger partial charge on any atom is 0.508 e. The molecule has 0 amide bonds. The second-order valence-electron chi connectivity index (χ2n) is 2.75. The Kier molecular flexibility index (Phi) is 4.66. The van der Waals surface area contributed by atoms with Crippen molar-refractivity contribution >= 4 is 6.16 Å². The van der Waals surface area contributed by atoms with Crippen LogP contribution >= 0.6 is 0 Å². The fourth-order valence-corrected chi connectivity index (χ4v) is 0.576. The van der Waals surface area contributed by atoms with Gasteiger partial charge < -0.3 is 14.2 Å². The Bertz CT molecular complexity index is 140. The molecule has 0 aromatic heterocycles. The summed E-state index contributed by atoms with van der Waals surface area (Å²) in [5.41, 5.74) is -0.409. The standard InChI is InChI=1S/C8H16O4/c1-5-8(2,11-4)6-12-7(9)10-3/h5-6H2,1-4H3. The first-order chi connectivity index (χ1) is 5.58. The van der Waals surface area contributed by atoms with Crippen molar-refractivity contribution < 1.29 is 19.0 Å². The molecule has 72 valence electrons. The number of hydrogen-bond acceptors (Lipinski definition) is 4. The summed E-state index contributed by atoms with van der Waals surface area (Å²) in [6, 6.07) is 0. The highest BCUT2D eigenvalue weighted by molar-refractivity contribution is 5.59. The van der Waals surface area contributed by atoms with E-state index in [-0.39, 0.29) is 6.61 Å². The number of methoxy groups -OCH3 is 2.